The van der Waals surface area contributed by atoms with Gasteiger partial charge in [0, 0.05) is 42.3 Å². The van der Waals surface area contributed by atoms with Gasteiger partial charge in [-0.1, -0.05) is 19.1 Å². The molecule has 2 aromatic rings. The van der Waals surface area contributed by atoms with E-state index in [4.69, 9.17) is 0 Å². The number of hydrogen-bond donors (Lipinski definition) is 1. The monoisotopic (exact) mass is 397 g/mol. The number of carbonyl (C=O) groups excluding carboxylic acids is 2. The first-order valence-electron chi connectivity index (χ1n) is 9.63. The number of hydrogen-bond acceptors (Lipinski definition) is 4. The van der Waals surface area contributed by atoms with Crippen LogP contribution in [0, 0.1) is 0 Å². The molecule has 3 rings (SSSR count). The lowest BCUT2D eigenvalue weighted by Crippen LogP contribution is -2.50. The summed E-state index contributed by atoms with van der Waals surface area (Å²) in [4.78, 5) is 30.1. The minimum atomic E-state index is -0.0215. The third-order valence-corrected chi connectivity index (χ3v) is 5.75. The van der Waals surface area contributed by atoms with Crippen molar-refractivity contribution in [1.82, 2.24) is 9.80 Å². The van der Waals surface area contributed by atoms with Gasteiger partial charge >= 0.3 is 0 Å². The van der Waals surface area contributed by atoms with Gasteiger partial charge < -0.3 is 10.2 Å². The third-order valence-electron chi connectivity index (χ3n) is 5.01. The van der Waals surface area contributed by atoms with E-state index in [2.05, 4.69) is 17.1 Å². The van der Waals surface area contributed by atoms with Crippen molar-refractivity contribution in [1.29, 1.82) is 0 Å². The zero-order valence-electron chi connectivity index (χ0n) is 16.5. The lowest BCUT2D eigenvalue weighted by molar-refractivity contribution is -0.117. The molecule has 0 atom stereocenters. The van der Waals surface area contributed by atoms with E-state index in [-0.39, 0.29) is 11.8 Å². The second kappa shape index (κ2) is 9.75. The Morgan fingerprint density at radius 1 is 0.964 bits per heavy atom. The van der Waals surface area contributed by atoms with Crippen molar-refractivity contribution in [2.75, 3.05) is 44.3 Å². The van der Waals surface area contributed by atoms with Crippen molar-refractivity contribution in [3.63, 3.8) is 0 Å². The molecule has 0 aromatic heterocycles. The van der Waals surface area contributed by atoms with E-state index in [1.54, 1.807) is 11.8 Å². The van der Waals surface area contributed by atoms with Crippen LogP contribution in [0.3, 0.4) is 0 Å². The molecule has 28 heavy (non-hydrogen) atoms. The molecule has 1 fully saturated rings. The highest BCUT2D eigenvalue weighted by atomic mass is 32.2. The maximum atomic E-state index is 12.6. The van der Waals surface area contributed by atoms with Gasteiger partial charge in [0.1, 0.15) is 0 Å². The molecule has 148 valence electrons. The molecule has 0 spiro atoms. The van der Waals surface area contributed by atoms with Crippen LogP contribution in [-0.2, 0) is 11.2 Å². The van der Waals surface area contributed by atoms with Crippen LogP contribution < -0.4 is 5.32 Å². The highest BCUT2D eigenvalue weighted by Crippen LogP contribution is 2.17. The molecule has 1 aliphatic rings. The number of carbonyl (C=O) groups is 2. The Hall–Kier alpha value is -2.31. The number of thioether (sulfide) groups is 1. The van der Waals surface area contributed by atoms with E-state index >= 15 is 0 Å². The largest absolute Gasteiger partial charge is 0.336 e. The van der Waals surface area contributed by atoms with Gasteiger partial charge in [-0.25, -0.2) is 0 Å². The molecule has 0 aliphatic carbocycles. The number of piperazine rings is 1. The summed E-state index contributed by atoms with van der Waals surface area (Å²) in [6.07, 6.45) is 3.00. The van der Waals surface area contributed by atoms with Crippen molar-refractivity contribution in [2.24, 2.45) is 0 Å². The normalized spacial score (nSPS) is 14.7. The lowest BCUT2D eigenvalue weighted by Gasteiger charge is -2.34. The van der Waals surface area contributed by atoms with Crippen molar-refractivity contribution in [3.05, 3.63) is 59.7 Å². The third kappa shape index (κ3) is 5.36. The van der Waals surface area contributed by atoms with Crippen molar-refractivity contribution >= 4 is 29.3 Å². The number of aryl methyl sites for hydroxylation is 1. The second-order valence-corrected chi connectivity index (χ2v) is 7.78. The van der Waals surface area contributed by atoms with Gasteiger partial charge in [-0.05, 0) is 54.6 Å². The van der Waals surface area contributed by atoms with Crippen molar-refractivity contribution in [2.45, 2.75) is 18.2 Å². The van der Waals surface area contributed by atoms with Gasteiger partial charge in [-0.15, -0.1) is 11.8 Å². The molecule has 1 aliphatic heterocycles. The molecule has 0 unspecified atom stereocenters. The van der Waals surface area contributed by atoms with Gasteiger partial charge in [-0.2, -0.15) is 0 Å². The van der Waals surface area contributed by atoms with Crippen LogP contribution in [0.25, 0.3) is 0 Å². The summed E-state index contributed by atoms with van der Waals surface area (Å²) in [6.45, 7) is 5.15. The van der Waals surface area contributed by atoms with Crippen LogP contribution in [-0.4, -0.2) is 60.6 Å². The Labute approximate surface area is 171 Å². The maximum absolute atomic E-state index is 12.6. The van der Waals surface area contributed by atoms with Crippen molar-refractivity contribution in [3.8, 4) is 0 Å². The van der Waals surface area contributed by atoms with E-state index < -0.39 is 0 Å². The predicted molar refractivity (Wildman–Crippen MR) is 115 cm³/mol. The van der Waals surface area contributed by atoms with Crippen LogP contribution >= 0.6 is 11.8 Å². The number of benzene rings is 2. The topological polar surface area (TPSA) is 52.7 Å². The van der Waals surface area contributed by atoms with Gasteiger partial charge in [0.15, 0.2) is 0 Å². The smallest absolute Gasteiger partial charge is 0.253 e. The molecule has 5 nitrogen and oxygen atoms in total. The Balaban J connectivity index is 1.46. The van der Waals surface area contributed by atoms with Gasteiger partial charge in [0.2, 0.25) is 5.91 Å². The summed E-state index contributed by atoms with van der Waals surface area (Å²) in [5, 5.41) is 2.94. The fourth-order valence-corrected chi connectivity index (χ4v) is 3.66. The number of nitrogens with zero attached hydrogens (tertiary/aromatic N) is 2. The average molecular weight is 398 g/mol. The Kier molecular flexibility index (Phi) is 7.12. The number of amides is 2. The van der Waals surface area contributed by atoms with E-state index in [0.717, 1.165) is 17.7 Å². The highest BCUT2D eigenvalue weighted by Gasteiger charge is 2.23. The fraction of sp³-hybridized carbons (Fsp3) is 0.364. The molecule has 0 saturated carbocycles. The van der Waals surface area contributed by atoms with E-state index in [1.807, 2.05) is 59.7 Å². The summed E-state index contributed by atoms with van der Waals surface area (Å²) in [6, 6.07) is 15.7. The van der Waals surface area contributed by atoms with Crippen LogP contribution in [0.1, 0.15) is 22.8 Å². The lowest BCUT2D eigenvalue weighted by atomic mass is 10.1. The number of rotatable bonds is 6. The van der Waals surface area contributed by atoms with E-state index in [9.17, 15) is 9.59 Å². The summed E-state index contributed by atoms with van der Waals surface area (Å²) < 4.78 is 0. The van der Waals surface area contributed by atoms with Gasteiger partial charge in [0.25, 0.3) is 5.91 Å². The molecule has 0 radical (unpaired) electrons. The highest BCUT2D eigenvalue weighted by molar-refractivity contribution is 7.98. The molecule has 1 saturated heterocycles. The molecule has 2 aromatic carbocycles. The van der Waals surface area contributed by atoms with Crippen LogP contribution in [0.15, 0.2) is 53.4 Å². The van der Waals surface area contributed by atoms with Crippen LogP contribution in [0.5, 0.6) is 0 Å². The first-order valence-corrected chi connectivity index (χ1v) is 10.9. The van der Waals surface area contributed by atoms with E-state index in [1.165, 1.54) is 10.5 Å². The first-order chi connectivity index (χ1) is 13.6. The number of anilines is 1. The summed E-state index contributed by atoms with van der Waals surface area (Å²) in [5.74, 6) is 0.0486. The Morgan fingerprint density at radius 3 is 2.18 bits per heavy atom. The maximum Gasteiger partial charge on any atom is 0.253 e. The molecule has 0 bridgehead atoms. The molecular formula is C22H27N3O2S. The SMILES string of the molecule is CCc1ccc(C(=O)N2CCN(CC(=O)Nc3ccc(SC)cc3)CC2)cc1. The van der Waals surface area contributed by atoms with Crippen molar-refractivity contribution < 1.29 is 9.59 Å². The average Bonchev–Trinajstić information content (AvgIpc) is 2.74. The summed E-state index contributed by atoms with van der Waals surface area (Å²) in [5.41, 5.74) is 2.78. The van der Waals surface area contributed by atoms with Crippen LogP contribution in [0.2, 0.25) is 0 Å². The predicted octanol–water partition coefficient (Wildman–Crippen LogP) is 3.37. The molecule has 2 amide bonds. The van der Waals surface area contributed by atoms with Gasteiger partial charge in [-0.3, -0.25) is 14.5 Å². The molecular weight excluding hydrogens is 370 g/mol. The quantitative estimate of drug-likeness (QED) is 0.760. The second-order valence-electron chi connectivity index (χ2n) is 6.90. The van der Waals surface area contributed by atoms with Gasteiger partial charge in [0.05, 0.1) is 6.54 Å². The van der Waals surface area contributed by atoms with Crippen LogP contribution in [0.4, 0.5) is 5.69 Å². The Morgan fingerprint density at radius 2 is 1.61 bits per heavy atom. The zero-order valence-corrected chi connectivity index (χ0v) is 17.3. The molecule has 1 heterocycles. The zero-order chi connectivity index (χ0) is 19.9. The van der Waals surface area contributed by atoms with E-state index in [0.29, 0.717) is 32.7 Å². The minimum absolute atomic E-state index is 0.0215. The Bertz CT molecular complexity index is 798. The first kappa shape index (κ1) is 20.4. The molecule has 6 heteroatoms. The number of nitrogens with one attached hydrogen (secondary N) is 1. The minimum Gasteiger partial charge on any atom is -0.336 e. The summed E-state index contributed by atoms with van der Waals surface area (Å²) >= 11 is 1.67. The summed E-state index contributed by atoms with van der Waals surface area (Å²) in [7, 11) is 0. The standard InChI is InChI=1S/C22H27N3O2S/c1-3-17-4-6-18(7-5-17)22(27)25-14-12-24(13-15-25)16-21(26)23-19-8-10-20(28-2)11-9-19/h4-11H,3,12-16H2,1-2H3,(H,23,26). The fourth-order valence-electron chi connectivity index (χ4n) is 3.25. The molecule has 1 N–H and O–H groups in total.